The second-order valence-electron chi connectivity index (χ2n) is 3.15. The van der Waals surface area contributed by atoms with Crippen molar-refractivity contribution in [3.8, 4) is 0 Å². The first-order chi connectivity index (χ1) is 5.65. The predicted octanol–water partition coefficient (Wildman–Crippen LogP) is 2.21. The zero-order valence-corrected chi connectivity index (χ0v) is 7.76. The maximum absolute atomic E-state index is 11.2. The van der Waals surface area contributed by atoms with Gasteiger partial charge in [0.1, 0.15) is 6.10 Å². The number of esters is 1. The Morgan fingerprint density at radius 1 is 1.58 bits per heavy atom. The van der Waals surface area contributed by atoms with E-state index in [1.165, 1.54) is 0 Å². The molecule has 0 aromatic carbocycles. The molecule has 0 N–H and O–H groups in total. The number of allylic oxidation sites excluding steroid dienone is 2. The molecule has 0 spiro atoms. The first kappa shape index (κ1) is 9.04. The summed E-state index contributed by atoms with van der Waals surface area (Å²) in [5.74, 6) is -0.155. The summed E-state index contributed by atoms with van der Waals surface area (Å²) in [5.41, 5.74) is 1.89. The molecule has 1 rings (SSSR count). The smallest absolute Gasteiger partial charge is 0.334 e. The average Bonchev–Trinajstić information content (AvgIpc) is 2.32. The highest BCUT2D eigenvalue weighted by molar-refractivity contribution is 5.91. The highest BCUT2D eigenvalue weighted by Crippen LogP contribution is 2.23. The van der Waals surface area contributed by atoms with E-state index in [-0.39, 0.29) is 12.1 Å². The van der Waals surface area contributed by atoms with Crippen LogP contribution in [0.4, 0.5) is 0 Å². The molecule has 0 aromatic heterocycles. The summed E-state index contributed by atoms with van der Waals surface area (Å²) in [7, 11) is 0. The Morgan fingerprint density at radius 2 is 2.25 bits per heavy atom. The van der Waals surface area contributed by atoms with E-state index in [2.05, 4.69) is 0 Å². The molecule has 0 radical (unpaired) electrons. The Bertz CT molecular complexity index is 245. The molecule has 1 saturated heterocycles. The summed E-state index contributed by atoms with van der Waals surface area (Å²) in [5, 5.41) is 0. The van der Waals surface area contributed by atoms with Gasteiger partial charge in [0.05, 0.1) is 0 Å². The molecule has 1 unspecified atom stereocenters. The van der Waals surface area contributed by atoms with Crippen LogP contribution in [0.3, 0.4) is 0 Å². The Kier molecular flexibility index (Phi) is 2.69. The molecule has 0 amide bonds. The lowest BCUT2D eigenvalue weighted by Crippen LogP contribution is -2.01. The lowest BCUT2D eigenvalue weighted by atomic mass is 10.1. The maximum atomic E-state index is 11.2. The number of carbonyl (C=O) groups excluding carboxylic acids is 1. The number of hydrogen-bond donors (Lipinski definition) is 0. The third-order valence-corrected chi connectivity index (χ3v) is 1.92. The van der Waals surface area contributed by atoms with Gasteiger partial charge in [0.25, 0.3) is 0 Å². The van der Waals surface area contributed by atoms with E-state index in [4.69, 9.17) is 4.74 Å². The van der Waals surface area contributed by atoms with Crippen molar-refractivity contribution in [1.82, 2.24) is 0 Å². The molecule has 0 saturated carbocycles. The maximum Gasteiger partial charge on any atom is 0.334 e. The lowest BCUT2D eigenvalue weighted by Gasteiger charge is -1.98. The van der Waals surface area contributed by atoms with Crippen molar-refractivity contribution in [2.24, 2.45) is 0 Å². The van der Waals surface area contributed by atoms with E-state index < -0.39 is 0 Å². The van der Waals surface area contributed by atoms with E-state index >= 15 is 0 Å². The standard InChI is InChI=1S/C10H14O2/c1-4-5-8-6-9(7(2)3)10(11)12-8/h4-5,8H,6H2,1-3H3/b5-4+. The third-order valence-electron chi connectivity index (χ3n) is 1.92. The summed E-state index contributed by atoms with van der Waals surface area (Å²) in [6.07, 6.45) is 4.51. The quantitative estimate of drug-likeness (QED) is 0.339. The van der Waals surface area contributed by atoms with Crippen molar-refractivity contribution in [3.63, 3.8) is 0 Å². The summed E-state index contributed by atoms with van der Waals surface area (Å²) >= 11 is 0. The van der Waals surface area contributed by atoms with Gasteiger partial charge < -0.3 is 4.74 Å². The molecule has 0 aromatic rings. The van der Waals surface area contributed by atoms with Gasteiger partial charge in [0, 0.05) is 12.0 Å². The van der Waals surface area contributed by atoms with Gasteiger partial charge >= 0.3 is 5.97 Å². The molecule has 12 heavy (non-hydrogen) atoms. The number of hydrogen-bond acceptors (Lipinski definition) is 2. The van der Waals surface area contributed by atoms with E-state index in [0.29, 0.717) is 0 Å². The lowest BCUT2D eigenvalue weighted by molar-refractivity contribution is -0.137. The van der Waals surface area contributed by atoms with E-state index in [1.807, 2.05) is 32.9 Å². The van der Waals surface area contributed by atoms with Crippen molar-refractivity contribution in [1.29, 1.82) is 0 Å². The number of ether oxygens (including phenoxy) is 1. The van der Waals surface area contributed by atoms with E-state index in [9.17, 15) is 4.79 Å². The SMILES string of the molecule is C/C=C/C1CC(=C(C)C)C(=O)O1. The van der Waals surface area contributed by atoms with Crippen molar-refractivity contribution in [3.05, 3.63) is 23.3 Å². The zero-order valence-electron chi connectivity index (χ0n) is 7.76. The van der Waals surface area contributed by atoms with Crippen LogP contribution in [0.2, 0.25) is 0 Å². The Balaban J connectivity index is 2.76. The van der Waals surface area contributed by atoms with Crippen molar-refractivity contribution in [2.45, 2.75) is 33.3 Å². The minimum absolute atomic E-state index is 0.0348. The monoisotopic (exact) mass is 166 g/mol. The highest BCUT2D eigenvalue weighted by Gasteiger charge is 2.27. The molecule has 1 atom stereocenters. The largest absolute Gasteiger partial charge is 0.454 e. The first-order valence-electron chi connectivity index (χ1n) is 4.15. The molecule has 0 bridgehead atoms. The second-order valence-corrected chi connectivity index (χ2v) is 3.15. The summed E-state index contributed by atoms with van der Waals surface area (Å²) in [4.78, 5) is 11.2. The molecule has 2 heteroatoms. The van der Waals surface area contributed by atoms with Crippen molar-refractivity contribution in [2.75, 3.05) is 0 Å². The van der Waals surface area contributed by atoms with Crippen molar-refractivity contribution >= 4 is 5.97 Å². The Labute approximate surface area is 72.9 Å². The normalized spacial score (nSPS) is 23.4. The van der Waals surface area contributed by atoms with Crippen LogP contribution in [-0.4, -0.2) is 12.1 Å². The van der Waals surface area contributed by atoms with Crippen LogP contribution in [0.15, 0.2) is 23.3 Å². The fourth-order valence-electron chi connectivity index (χ4n) is 1.27. The van der Waals surface area contributed by atoms with Crippen LogP contribution in [0, 0.1) is 0 Å². The van der Waals surface area contributed by atoms with E-state index in [0.717, 1.165) is 17.6 Å². The first-order valence-corrected chi connectivity index (χ1v) is 4.15. The average molecular weight is 166 g/mol. The molecular formula is C10H14O2. The molecule has 1 fully saturated rings. The van der Waals surface area contributed by atoms with Crippen LogP contribution in [-0.2, 0) is 9.53 Å². The predicted molar refractivity (Wildman–Crippen MR) is 47.7 cm³/mol. The van der Waals surface area contributed by atoms with Crippen LogP contribution < -0.4 is 0 Å². The molecule has 1 aliphatic heterocycles. The van der Waals surface area contributed by atoms with Crippen LogP contribution >= 0.6 is 0 Å². The fraction of sp³-hybridized carbons (Fsp3) is 0.500. The second kappa shape index (κ2) is 3.57. The van der Waals surface area contributed by atoms with Gasteiger partial charge in [-0.25, -0.2) is 4.79 Å². The summed E-state index contributed by atoms with van der Waals surface area (Å²) in [6.45, 7) is 5.80. The Hall–Kier alpha value is -1.05. The van der Waals surface area contributed by atoms with Gasteiger partial charge in [0.15, 0.2) is 0 Å². The fourth-order valence-corrected chi connectivity index (χ4v) is 1.27. The molecule has 1 heterocycles. The van der Waals surface area contributed by atoms with E-state index in [1.54, 1.807) is 0 Å². The molecule has 0 aliphatic carbocycles. The van der Waals surface area contributed by atoms with Gasteiger partial charge in [-0.05, 0) is 26.8 Å². The molecule has 1 aliphatic rings. The molecular weight excluding hydrogens is 152 g/mol. The van der Waals surface area contributed by atoms with Gasteiger partial charge in [-0.3, -0.25) is 0 Å². The van der Waals surface area contributed by atoms with Gasteiger partial charge in [-0.15, -0.1) is 0 Å². The van der Waals surface area contributed by atoms with Crippen LogP contribution in [0.5, 0.6) is 0 Å². The molecule has 66 valence electrons. The number of cyclic esters (lactones) is 1. The van der Waals surface area contributed by atoms with Crippen molar-refractivity contribution < 1.29 is 9.53 Å². The number of rotatable bonds is 1. The summed E-state index contributed by atoms with van der Waals surface area (Å²) < 4.78 is 5.09. The minimum atomic E-state index is -0.155. The van der Waals surface area contributed by atoms with Gasteiger partial charge in [-0.2, -0.15) is 0 Å². The van der Waals surface area contributed by atoms with Crippen LogP contribution in [0.25, 0.3) is 0 Å². The summed E-state index contributed by atoms with van der Waals surface area (Å²) in [6, 6.07) is 0. The topological polar surface area (TPSA) is 26.3 Å². The minimum Gasteiger partial charge on any atom is -0.454 e. The highest BCUT2D eigenvalue weighted by atomic mass is 16.5. The van der Waals surface area contributed by atoms with Gasteiger partial charge in [-0.1, -0.05) is 11.6 Å². The third kappa shape index (κ3) is 1.76. The number of carbonyl (C=O) groups is 1. The zero-order chi connectivity index (χ0) is 9.14. The van der Waals surface area contributed by atoms with Crippen LogP contribution in [0.1, 0.15) is 27.2 Å². The molecule has 2 nitrogen and oxygen atoms in total. The van der Waals surface area contributed by atoms with Gasteiger partial charge in [0.2, 0.25) is 0 Å². The Morgan fingerprint density at radius 3 is 2.67 bits per heavy atom.